The Kier molecular flexibility index (Phi) is 8.43. The second-order valence-corrected chi connectivity index (χ2v) is 13.7. The summed E-state index contributed by atoms with van der Waals surface area (Å²) in [7, 11) is 0. The first-order valence-corrected chi connectivity index (χ1v) is 17.3. The molecular weight excluding hydrogens is 585 g/mol. The Morgan fingerprint density at radius 3 is 0.917 bits per heavy atom. The molecular formula is C46H44O2. The first kappa shape index (κ1) is 31.5. The molecule has 6 aromatic carbocycles. The quantitative estimate of drug-likeness (QED) is 0.193. The fourth-order valence-corrected chi connectivity index (χ4v) is 8.04. The van der Waals surface area contributed by atoms with Gasteiger partial charge in [0.1, 0.15) is 11.5 Å². The minimum Gasteiger partial charge on any atom is -0.507 e. The average molecular weight is 629 g/mol. The molecule has 0 aromatic heterocycles. The molecule has 1 fully saturated rings. The molecule has 240 valence electrons. The maximum atomic E-state index is 12.1. The summed E-state index contributed by atoms with van der Waals surface area (Å²) in [5.74, 6) is 0.639. The zero-order chi connectivity index (χ0) is 33.4. The summed E-state index contributed by atoms with van der Waals surface area (Å²) < 4.78 is 0. The second kappa shape index (κ2) is 12.8. The van der Waals surface area contributed by atoms with Gasteiger partial charge in [0.15, 0.2) is 0 Å². The smallest absolute Gasteiger partial charge is 0.131 e. The molecule has 7 rings (SSSR count). The fourth-order valence-electron chi connectivity index (χ4n) is 8.04. The molecule has 1 aliphatic rings. The number of benzene rings is 6. The van der Waals surface area contributed by atoms with Gasteiger partial charge in [-0.3, -0.25) is 0 Å². The number of rotatable bonds is 6. The van der Waals surface area contributed by atoms with Gasteiger partial charge in [-0.15, -0.1) is 0 Å². The molecule has 0 bridgehead atoms. The molecule has 0 spiro atoms. The Morgan fingerprint density at radius 2 is 0.646 bits per heavy atom. The van der Waals surface area contributed by atoms with Gasteiger partial charge in [0.25, 0.3) is 0 Å². The molecule has 0 heterocycles. The Bertz CT molecular complexity index is 1850. The van der Waals surface area contributed by atoms with Crippen LogP contribution in [0.5, 0.6) is 11.5 Å². The third-order valence-corrected chi connectivity index (χ3v) is 10.8. The van der Waals surface area contributed by atoms with Crippen molar-refractivity contribution >= 4 is 0 Å². The minimum atomic E-state index is -0.316. The van der Waals surface area contributed by atoms with Crippen LogP contribution in [-0.4, -0.2) is 10.2 Å². The highest BCUT2D eigenvalue weighted by Gasteiger charge is 2.38. The molecule has 2 N–H and O–H groups in total. The normalized spacial score (nSPS) is 14.2. The molecule has 1 saturated carbocycles. The molecule has 0 unspecified atom stereocenters. The van der Waals surface area contributed by atoms with Gasteiger partial charge in [-0.05, 0) is 120 Å². The first-order chi connectivity index (χ1) is 23.3. The van der Waals surface area contributed by atoms with Crippen molar-refractivity contribution in [3.05, 3.63) is 155 Å². The van der Waals surface area contributed by atoms with Gasteiger partial charge in [0.2, 0.25) is 0 Å². The summed E-state index contributed by atoms with van der Waals surface area (Å²) in [6.07, 6.45) is 5.40. The lowest BCUT2D eigenvalue weighted by Crippen LogP contribution is -2.31. The van der Waals surface area contributed by atoms with Crippen LogP contribution in [0.4, 0.5) is 0 Å². The van der Waals surface area contributed by atoms with Crippen molar-refractivity contribution in [3.63, 3.8) is 0 Å². The predicted molar refractivity (Wildman–Crippen MR) is 201 cm³/mol. The molecule has 0 amide bonds. The van der Waals surface area contributed by atoms with E-state index in [4.69, 9.17) is 0 Å². The van der Waals surface area contributed by atoms with Crippen molar-refractivity contribution < 1.29 is 10.2 Å². The molecule has 0 aliphatic heterocycles. The zero-order valence-corrected chi connectivity index (χ0v) is 28.5. The van der Waals surface area contributed by atoms with E-state index in [9.17, 15) is 10.2 Å². The minimum absolute atomic E-state index is 0.316. The van der Waals surface area contributed by atoms with E-state index in [2.05, 4.69) is 149 Å². The molecule has 6 aromatic rings. The van der Waals surface area contributed by atoms with Crippen LogP contribution in [0.25, 0.3) is 44.5 Å². The van der Waals surface area contributed by atoms with Gasteiger partial charge < -0.3 is 10.2 Å². The van der Waals surface area contributed by atoms with Crippen molar-refractivity contribution in [1.82, 2.24) is 0 Å². The van der Waals surface area contributed by atoms with Crippen LogP contribution in [0.15, 0.2) is 121 Å². The standard InChI is InChI=1S/C46H44O2/c1-30-16-6-10-20-36(30)40-26-34(27-41(44(40)47)37-21-11-7-17-31(37)2)46(24-14-5-15-25-46)35-28-42(38-22-12-8-18-32(38)3)45(48)43(29-35)39-23-13-9-19-33(39)4/h6-13,16-23,26-29,47-48H,5,14-15,24-25H2,1-4H3. The molecule has 1 aliphatic carbocycles. The number of aryl methyl sites for hydroxylation is 4. The molecule has 0 atom stereocenters. The third kappa shape index (κ3) is 5.50. The van der Waals surface area contributed by atoms with E-state index in [-0.39, 0.29) is 5.41 Å². The molecule has 48 heavy (non-hydrogen) atoms. The van der Waals surface area contributed by atoms with Crippen molar-refractivity contribution in [3.8, 4) is 56.0 Å². The van der Waals surface area contributed by atoms with Gasteiger partial charge in [-0.2, -0.15) is 0 Å². The summed E-state index contributed by atoms with van der Waals surface area (Å²) in [6, 6.07) is 42.5. The van der Waals surface area contributed by atoms with E-state index in [1.165, 1.54) is 17.5 Å². The van der Waals surface area contributed by atoms with Crippen LogP contribution in [0.2, 0.25) is 0 Å². The lowest BCUT2D eigenvalue weighted by atomic mass is 9.63. The van der Waals surface area contributed by atoms with E-state index in [1.54, 1.807) is 0 Å². The van der Waals surface area contributed by atoms with Crippen LogP contribution >= 0.6 is 0 Å². The third-order valence-electron chi connectivity index (χ3n) is 10.8. The number of phenolic OH excluding ortho intramolecular Hbond substituents is 2. The predicted octanol–water partition coefficient (Wildman–Crippen LogP) is 12.2. The SMILES string of the molecule is Cc1ccccc1-c1cc(C2(c3cc(-c4ccccc4C)c(O)c(-c4ccccc4C)c3)CCCCC2)cc(-c2ccccc2C)c1O. The van der Waals surface area contributed by atoms with E-state index in [1.807, 2.05) is 0 Å². The van der Waals surface area contributed by atoms with Gasteiger partial charge in [0.05, 0.1) is 0 Å². The number of aromatic hydroxyl groups is 2. The van der Waals surface area contributed by atoms with E-state index >= 15 is 0 Å². The van der Waals surface area contributed by atoms with Crippen LogP contribution in [0.3, 0.4) is 0 Å². The fraction of sp³-hybridized carbons (Fsp3) is 0.217. The lowest BCUT2D eigenvalue weighted by Gasteiger charge is -2.40. The van der Waals surface area contributed by atoms with Gasteiger partial charge >= 0.3 is 0 Å². The van der Waals surface area contributed by atoms with Crippen molar-refractivity contribution in [2.75, 3.05) is 0 Å². The highest BCUT2D eigenvalue weighted by molar-refractivity contribution is 5.88. The number of hydrogen-bond acceptors (Lipinski definition) is 2. The summed E-state index contributed by atoms with van der Waals surface area (Å²) in [6.45, 7) is 8.48. The van der Waals surface area contributed by atoms with Crippen LogP contribution in [0.1, 0.15) is 65.5 Å². The summed E-state index contributed by atoms with van der Waals surface area (Å²) in [4.78, 5) is 0. The van der Waals surface area contributed by atoms with Crippen LogP contribution < -0.4 is 0 Å². The zero-order valence-electron chi connectivity index (χ0n) is 28.5. The number of phenols is 2. The maximum absolute atomic E-state index is 12.1. The molecule has 0 radical (unpaired) electrons. The monoisotopic (exact) mass is 628 g/mol. The van der Waals surface area contributed by atoms with E-state index in [0.29, 0.717) is 11.5 Å². The van der Waals surface area contributed by atoms with E-state index in [0.717, 1.165) is 92.4 Å². The van der Waals surface area contributed by atoms with Crippen LogP contribution in [0, 0.1) is 27.7 Å². The topological polar surface area (TPSA) is 40.5 Å². The first-order valence-electron chi connectivity index (χ1n) is 17.3. The Morgan fingerprint density at radius 1 is 0.375 bits per heavy atom. The molecule has 2 heteroatoms. The maximum Gasteiger partial charge on any atom is 0.131 e. The highest BCUT2D eigenvalue weighted by Crippen LogP contribution is 2.53. The van der Waals surface area contributed by atoms with Crippen molar-refractivity contribution in [2.45, 2.75) is 65.2 Å². The average Bonchev–Trinajstić information content (AvgIpc) is 3.10. The van der Waals surface area contributed by atoms with Crippen LogP contribution in [-0.2, 0) is 5.41 Å². The van der Waals surface area contributed by atoms with Gasteiger partial charge in [0, 0.05) is 27.7 Å². The Balaban J connectivity index is 1.57. The summed E-state index contributed by atoms with van der Waals surface area (Å²) >= 11 is 0. The largest absolute Gasteiger partial charge is 0.507 e. The van der Waals surface area contributed by atoms with Crippen molar-refractivity contribution in [2.24, 2.45) is 0 Å². The summed E-state index contributed by atoms with van der Waals surface area (Å²) in [5.41, 5.74) is 14.3. The summed E-state index contributed by atoms with van der Waals surface area (Å²) in [5, 5.41) is 24.1. The molecule has 2 nitrogen and oxygen atoms in total. The highest BCUT2D eigenvalue weighted by atomic mass is 16.3. The Labute approximate surface area is 285 Å². The van der Waals surface area contributed by atoms with Crippen molar-refractivity contribution in [1.29, 1.82) is 0 Å². The second-order valence-electron chi connectivity index (χ2n) is 13.7. The lowest BCUT2D eigenvalue weighted by molar-refractivity contribution is 0.345. The number of hydrogen-bond donors (Lipinski definition) is 2. The Hall–Kier alpha value is -5.08. The van der Waals surface area contributed by atoms with E-state index < -0.39 is 0 Å². The molecule has 0 saturated heterocycles. The van der Waals surface area contributed by atoms with Gasteiger partial charge in [-0.25, -0.2) is 0 Å². The van der Waals surface area contributed by atoms with Gasteiger partial charge in [-0.1, -0.05) is 116 Å².